The van der Waals surface area contributed by atoms with Crippen LogP contribution in [0.2, 0.25) is 0 Å². The van der Waals surface area contributed by atoms with Gasteiger partial charge in [0.25, 0.3) is 0 Å². The van der Waals surface area contributed by atoms with Crippen molar-refractivity contribution in [2.24, 2.45) is 11.7 Å². The van der Waals surface area contributed by atoms with Crippen LogP contribution in [0.3, 0.4) is 0 Å². The Bertz CT molecular complexity index is 365. The SMILES string of the molecule is NCCN(CC(F)(F)F)S(=O)(=O)CC1CCCCC1. The molecule has 0 aromatic carbocycles. The molecule has 19 heavy (non-hydrogen) atoms. The molecule has 0 amide bonds. The first-order valence-corrected chi connectivity index (χ1v) is 8.10. The normalized spacial score (nSPS) is 19.0. The van der Waals surface area contributed by atoms with E-state index in [2.05, 4.69) is 0 Å². The predicted octanol–water partition coefficient (Wildman–Crippen LogP) is 1.72. The van der Waals surface area contributed by atoms with E-state index < -0.39 is 22.7 Å². The van der Waals surface area contributed by atoms with E-state index in [-0.39, 0.29) is 24.8 Å². The lowest BCUT2D eigenvalue weighted by molar-refractivity contribution is -0.136. The maximum atomic E-state index is 12.4. The first kappa shape index (κ1) is 16.7. The summed E-state index contributed by atoms with van der Waals surface area (Å²) in [6, 6.07) is 0. The van der Waals surface area contributed by atoms with Gasteiger partial charge in [0.2, 0.25) is 10.0 Å². The molecule has 0 spiro atoms. The van der Waals surface area contributed by atoms with Crippen molar-refractivity contribution in [2.45, 2.75) is 38.3 Å². The number of nitrogens with two attached hydrogens (primary N) is 1. The highest BCUT2D eigenvalue weighted by Gasteiger charge is 2.36. The molecule has 0 bridgehead atoms. The van der Waals surface area contributed by atoms with Gasteiger partial charge < -0.3 is 5.73 Å². The highest BCUT2D eigenvalue weighted by Crippen LogP contribution is 2.27. The van der Waals surface area contributed by atoms with Crippen molar-refractivity contribution in [3.63, 3.8) is 0 Å². The second kappa shape index (κ2) is 6.90. The van der Waals surface area contributed by atoms with Gasteiger partial charge in [0.15, 0.2) is 0 Å². The van der Waals surface area contributed by atoms with Crippen LogP contribution in [0.4, 0.5) is 13.2 Å². The van der Waals surface area contributed by atoms with Crippen LogP contribution in [0.1, 0.15) is 32.1 Å². The lowest BCUT2D eigenvalue weighted by Crippen LogP contribution is -2.44. The van der Waals surface area contributed by atoms with Gasteiger partial charge in [-0.1, -0.05) is 19.3 Å². The Labute approximate surface area is 112 Å². The molecule has 0 atom stereocenters. The summed E-state index contributed by atoms with van der Waals surface area (Å²) < 4.78 is 61.7. The average Bonchev–Trinajstić information content (AvgIpc) is 2.27. The van der Waals surface area contributed by atoms with Gasteiger partial charge >= 0.3 is 6.18 Å². The molecular weight excluding hydrogens is 281 g/mol. The van der Waals surface area contributed by atoms with Gasteiger partial charge in [-0.3, -0.25) is 0 Å². The van der Waals surface area contributed by atoms with Gasteiger partial charge in [-0.15, -0.1) is 0 Å². The molecule has 2 N–H and O–H groups in total. The predicted molar refractivity (Wildman–Crippen MR) is 67.0 cm³/mol. The van der Waals surface area contributed by atoms with Crippen LogP contribution in [0.15, 0.2) is 0 Å². The molecule has 0 aromatic rings. The Morgan fingerprint density at radius 2 is 1.74 bits per heavy atom. The summed E-state index contributed by atoms with van der Waals surface area (Å²) in [5.41, 5.74) is 5.20. The van der Waals surface area contributed by atoms with Crippen LogP contribution in [-0.4, -0.2) is 44.3 Å². The van der Waals surface area contributed by atoms with Crippen molar-refractivity contribution in [3.8, 4) is 0 Å². The van der Waals surface area contributed by atoms with Gasteiger partial charge in [0.05, 0.1) is 5.75 Å². The number of halogens is 3. The third-order valence-corrected chi connectivity index (χ3v) is 5.29. The summed E-state index contributed by atoms with van der Waals surface area (Å²) in [5, 5.41) is 0. The van der Waals surface area contributed by atoms with Gasteiger partial charge in [-0.05, 0) is 18.8 Å². The summed E-state index contributed by atoms with van der Waals surface area (Å²) in [5.74, 6) is -0.212. The van der Waals surface area contributed by atoms with E-state index in [1.54, 1.807) is 0 Å². The van der Waals surface area contributed by atoms with Crippen molar-refractivity contribution < 1.29 is 21.6 Å². The first-order chi connectivity index (χ1) is 8.74. The van der Waals surface area contributed by atoms with Crippen LogP contribution < -0.4 is 5.73 Å². The van der Waals surface area contributed by atoms with Gasteiger partial charge in [0, 0.05) is 13.1 Å². The second-order valence-corrected chi connectivity index (χ2v) is 7.03. The van der Waals surface area contributed by atoms with E-state index in [4.69, 9.17) is 5.73 Å². The maximum absolute atomic E-state index is 12.4. The molecule has 1 fully saturated rings. The van der Waals surface area contributed by atoms with Crippen molar-refractivity contribution in [3.05, 3.63) is 0 Å². The van der Waals surface area contributed by atoms with Crippen molar-refractivity contribution in [2.75, 3.05) is 25.4 Å². The number of rotatable bonds is 6. The summed E-state index contributed by atoms with van der Waals surface area (Å²) >= 11 is 0. The Balaban J connectivity index is 2.68. The van der Waals surface area contributed by atoms with Crippen LogP contribution in [0, 0.1) is 5.92 Å². The fraction of sp³-hybridized carbons (Fsp3) is 1.00. The Kier molecular flexibility index (Phi) is 6.07. The number of sulfonamides is 1. The van der Waals surface area contributed by atoms with E-state index in [0.29, 0.717) is 4.31 Å². The van der Waals surface area contributed by atoms with Gasteiger partial charge in [-0.25, -0.2) is 8.42 Å². The zero-order chi connectivity index (χ0) is 14.5. The molecule has 0 aliphatic heterocycles. The number of alkyl halides is 3. The van der Waals surface area contributed by atoms with Gasteiger partial charge in [0.1, 0.15) is 6.54 Å². The molecule has 0 radical (unpaired) electrons. The fourth-order valence-corrected chi connectivity index (χ4v) is 4.28. The number of nitrogens with zero attached hydrogens (tertiary/aromatic N) is 1. The van der Waals surface area contributed by atoms with Gasteiger partial charge in [-0.2, -0.15) is 17.5 Å². The zero-order valence-corrected chi connectivity index (χ0v) is 11.6. The molecule has 0 aromatic heterocycles. The number of hydrogen-bond acceptors (Lipinski definition) is 3. The second-order valence-electron chi connectivity index (χ2n) is 5.02. The molecule has 0 unspecified atom stereocenters. The maximum Gasteiger partial charge on any atom is 0.402 e. The topological polar surface area (TPSA) is 63.4 Å². The van der Waals surface area contributed by atoms with Crippen molar-refractivity contribution >= 4 is 10.0 Å². The van der Waals surface area contributed by atoms with Crippen LogP contribution in [0.25, 0.3) is 0 Å². The molecule has 1 rings (SSSR count). The molecule has 1 saturated carbocycles. The number of hydrogen-bond donors (Lipinski definition) is 1. The van der Waals surface area contributed by atoms with Crippen molar-refractivity contribution in [1.82, 2.24) is 4.31 Å². The molecule has 0 heterocycles. The molecule has 1 aliphatic rings. The average molecular weight is 302 g/mol. The zero-order valence-electron chi connectivity index (χ0n) is 10.8. The minimum Gasteiger partial charge on any atom is -0.329 e. The molecule has 114 valence electrons. The largest absolute Gasteiger partial charge is 0.402 e. The van der Waals surface area contributed by atoms with Crippen LogP contribution in [0.5, 0.6) is 0 Å². The molecular formula is C11H21F3N2O2S. The standard InChI is InChI=1S/C11H21F3N2O2S/c12-11(13,14)9-16(7-6-15)19(17,18)8-10-4-2-1-3-5-10/h10H,1-9,15H2. The summed E-state index contributed by atoms with van der Waals surface area (Å²) in [4.78, 5) is 0. The highest BCUT2D eigenvalue weighted by molar-refractivity contribution is 7.89. The van der Waals surface area contributed by atoms with E-state index in [0.717, 1.165) is 32.1 Å². The molecule has 4 nitrogen and oxygen atoms in total. The molecule has 8 heteroatoms. The Hall–Kier alpha value is -0.340. The van der Waals surface area contributed by atoms with Crippen molar-refractivity contribution in [1.29, 1.82) is 0 Å². The smallest absolute Gasteiger partial charge is 0.329 e. The molecule has 1 aliphatic carbocycles. The fourth-order valence-electron chi connectivity index (χ4n) is 2.42. The molecule has 0 saturated heterocycles. The van der Waals surface area contributed by atoms with Crippen LogP contribution >= 0.6 is 0 Å². The third-order valence-electron chi connectivity index (χ3n) is 3.30. The summed E-state index contributed by atoms with van der Waals surface area (Å²) in [6.07, 6.45) is 0.0105. The lowest BCUT2D eigenvalue weighted by atomic mass is 9.91. The summed E-state index contributed by atoms with van der Waals surface area (Å²) in [7, 11) is -3.88. The van der Waals surface area contributed by atoms with E-state index in [9.17, 15) is 21.6 Å². The summed E-state index contributed by atoms with van der Waals surface area (Å²) in [6.45, 7) is -1.84. The van der Waals surface area contributed by atoms with Crippen LogP contribution in [-0.2, 0) is 10.0 Å². The highest BCUT2D eigenvalue weighted by atomic mass is 32.2. The van der Waals surface area contributed by atoms with E-state index in [1.807, 2.05) is 0 Å². The monoisotopic (exact) mass is 302 g/mol. The minimum absolute atomic E-state index is 0.0211. The first-order valence-electron chi connectivity index (χ1n) is 6.49. The Morgan fingerprint density at radius 1 is 1.16 bits per heavy atom. The third kappa shape index (κ3) is 6.09. The quantitative estimate of drug-likeness (QED) is 0.812. The van der Waals surface area contributed by atoms with E-state index >= 15 is 0 Å². The minimum atomic E-state index is -4.53. The lowest BCUT2D eigenvalue weighted by Gasteiger charge is -2.27. The Morgan fingerprint density at radius 3 is 2.21 bits per heavy atom. The van der Waals surface area contributed by atoms with E-state index in [1.165, 1.54) is 0 Å².